The van der Waals surface area contributed by atoms with Crippen molar-refractivity contribution < 1.29 is 0 Å². The molecule has 0 bridgehead atoms. The zero-order chi connectivity index (χ0) is 11.6. The van der Waals surface area contributed by atoms with Gasteiger partial charge in [-0.05, 0) is 38.2 Å². The highest BCUT2D eigenvalue weighted by Gasteiger charge is 2.30. The van der Waals surface area contributed by atoms with Gasteiger partial charge in [0, 0.05) is 5.41 Å². The molecule has 84 valence electrons. The standard InChI is InChI=1S/C15H24/c1-7-15(6)9-8-13(11(2)3)10-14(15)12(4)5/h7,10,12H,1,8-9H2,2-6H3/t15-/m1/s1. The molecule has 1 rings (SSSR count). The first-order valence-corrected chi connectivity index (χ1v) is 5.92. The van der Waals surface area contributed by atoms with Crippen LogP contribution < -0.4 is 0 Å². The fourth-order valence-corrected chi connectivity index (χ4v) is 2.40. The minimum Gasteiger partial charge on any atom is -0.102 e. The molecule has 15 heavy (non-hydrogen) atoms. The van der Waals surface area contributed by atoms with Gasteiger partial charge in [0.05, 0.1) is 0 Å². The lowest BCUT2D eigenvalue weighted by molar-refractivity contribution is 0.411. The first kappa shape index (κ1) is 12.3. The Morgan fingerprint density at radius 3 is 2.47 bits per heavy atom. The van der Waals surface area contributed by atoms with Crippen molar-refractivity contribution in [3.8, 4) is 0 Å². The van der Waals surface area contributed by atoms with Crippen LogP contribution >= 0.6 is 0 Å². The van der Waals surface area contributed by atoms with E-state index in [4.69, 9.17) is 0 Å². The lowest BCUT2D eigenvalue weighted by Crippen LogP contribution is -2.23. The third-order valence-electron chi connectivity index (χ3n) is 3.62. The van der Waals surface area contributed by atoms with E-state index in [9.17, 15) is 0 Å². The number of allylic oxidation sites excluding steroid dienone is 5. The fraction of sp³-hybridized carbons (Fsp3) is 0.600. The summed E-state index contributed by atoms with van der Waals surface area (Å²) in [5.41, 5.74) is 4.74. The van der Waals surface area contributed by atoms with Gasteiger partial charge in [-0.25, -0.2) is 0 Å². The first-order chi connectivity index (χ1) is 6.90. The van der Waals surface area contributed by atoms with Gasteiger partial charge < -0.3 is 0 Å². The van der Waals surface area contributed by atoms with Gasteiger partial charge in [-0.1, -0.05) is 44.1 Å². The van der Waals surface area contributed by atoms with Crippen LogP contribution in [0.1, 0.15) is 47.5 Å². The van der Waals surface area contributed by atoms with Crippen molar-refractivity contribution in [3.63, 3.8) is 0 Å². The predicted molar refractivity (Wildman–Crippen MR) is 68.8 cm³/mol. The Labute approximate surface area is 94.8 Å². The van der Waals surface area contributed by atoms with E-state index in [2.05, 4.69) is 53.3 Å². The molecule has 0 nitrogen and oxygen atoms in total. The lowest BCUT2D eigenvalue weighted by atomic mass is 9.69. The Hall–Kier alpha value is -0.780. The third-order valence-corrected chi connectivity index (χ3v) is 3.62. The van der Waals surface area contributed by atoms with Crippen LogP contribution in [-0.2, 0) is 0 Å². The molecule has 0 saturated carbocycles. The summed E-state index contributed by atoms with van der Waals surface area (Å²) in [5, 5.41) is 0. The Balaban J connectivity index is 3.19. The molecule has 0 N–H and O–H groups in total. The maximum atomic E-state index is 4.00. The molecular formula is C15H24. The summed E-state index contributed by atoms with van der Waals surface area (Å²) >= 11 is 0. The highest BCUT2D eigenvalue weighted by atomic mass is 14.3. The van der Waals surface area contributed by atoms with Gasteiger partial charge in [0.1, 0.15) is 0 Å². The van der Waals surface area contributed by atoms with Crippen LogP contribution in [0.4, 0.5) is 0 Å². The Morgan fingerprint density at radius 1 is 1.47 bits per heavy atom. The van der Waals surface area contributed by atoms with Crippen LogP contribution in [-0.4, -0.2) is 0 Å². The molecule has 0 unspecified atom stereocenters. The topological polar surface area (TPSA) is 0 Å². The molecule has 1 aliphatic carbocycles. The minimum atomic E-state index is 0.215. The molecule has 0 aromatic carbocycles. The van der Waals surface area contributed by atoms with Crippen LogP contribution in [0.25, 0.3) is 0 Å². The zero-order valence-electron chi connectivity index (χ0n) is 10.9. The molecule has 0 heterocycles. The SMILES string of the molecule is C=C[C@]1(C)CCC(=C(C)C)C=C1C(C)C. The van der Waals surface area contributed by atoms with Crippen molar-refractivity contribution in [2.45, 2.75) is 47.5 Å². The van der Waals surface area contributed by atoms with Crippen LogP contribution in [0, 0.1) is 11.3 Å². The summed E-state index contributed by atoms with van der Waals surface area (Å²) in [4.78, 5) is 0. The van der Waals surface area contributed by atoms with Crippen LogP contribution in [0.15, 0.2) is 35.5 Å². The van der Waals surface area contributed by atoms with Crippen LogP contribution in [0.2, 0.25) is 0 Å². The highest BCUT2D eigenvalue weighted by molar-refractivity contribution is 5.37. The summed E-state index contributed by atoms with van der Waals surface area (Å²) in [6, 6.07) is 0. The van der Waals surface area contributed by atoms with E-state index in [1.165, 1.54) is 24.0 Å². The summed E-state index contributed by atoms with van der Waals surface area (Å²) in [6.07, 6.45) is 6.94. The van der Waals surface area contributed by atoms with E-state index in [1.54, 1.807) is 5.57 Å². The fourth-order valence-electron chi connectivity index (χ4n) is 2.40. The second-order valence-corrected chi connectivity index (χ2v) is 5.40. The monoisotopic (exact) mass is 204 g/mol. The van der Waals surface area contributed by atoms with E-state index in [0.29, 0.717) is 5.92 Å². The van der Waals surface area contributed by atoms with Crippen molar-refractivity contribution in [3.05, 3.63) is 35.5 Å². The highest BCUT2D eigenvalue weighted by Crippen LogP contribution is 2.43. The average Bonchev–Trinajstić information content (AvgIpc) is 2.17. The quantitative estimate of drug-likeness (QED) is 0.562. The second kappa shape index (κ2) is 4.38. The number of hydrogen-bond acceptors (Lipinski definition) is 0. The van der Waals surface area contributed by atoms with Crippen molar-refractivity contribution in [1.82, 2.24) is 0 Å². The average molecular weight is 204 g/mol. The Morgan fingerprint density at radius 2 is 2.07 bits per heavy atom. The summed E-state index contributed by atoms with van der Waals surface area (Å²) in [5.74, 6) is 0.614. The van der Waals surface area contributed by atoms with E-state index in [-0.39, 0.29) is 5.41 Å². The molecule has 1 atom stereocenters. The molecule has 0 aromatic heterocycles. The summed E-state index contributed by atoms with van der Waals surface area (Å²) in [6.45, 7) is 15.3. The van der Waals surface area contributed by atoms with Crippen LogP contribution in [0.5, 0.6) is 0 Å². The maximum absolute atomic E-state index is 4.00. The molecule has 0 aromatic rings. The molecule has 0 radical (unpaired) electrons. The Kier molecular flexibility index (Phi) is 3.59. The zero-order valence-corrected chi connectivity index (χ0v) is 10.9. The van der Waals surface area contributed by atoms with E-state index >= 15 is 0 Å². The maximum Gasteiger partial charge on any atom is 0.00687 e. The largest absolute Gasteiger partial charge is 0.102 e. The smallest absolute Gasteiger partial charge is 0.00687 e. The second-order valence-electron chi connectivity index (χ2n) is 5.40. The molecule has 0 heteroatoms. The van der Waals surface area contributed by atoms with E-state index in [1.807, 2.05) is 0 Å². The van der Waals surface area contributed by atoms with Crippen molar-refractivity contribution in [2.24, 2.45) is 11.3 Å². The van der Waals surface area contributed by atoms with Gasteiger partial charge in [0.15, 0.2) is 0 Å². The third kappa shape index (κ3) is 2.42. The molecule has 0 fully saturated rings. The van der Waals surface area contributed by atoms with E-state index < -0.39 is 0 Å². The normalized spacial score (nSPS) is 26.5. The van der Waals surface area contributed by atoms with Gasteiger partial charge in [-0.2, -0.15) is 0 Å². The van der Waals surface area contributed by atoms with E-state index in [0.717, 1.165) is 0 Å². The summed E-state index contributed by atoms with van der Waals surface area (Å²) < 4.78 is 0. The van der Waals surface area contributed by atoms with Gasteiger partial charge in [-0.3, -0.25) is 0 Å². The molecule has 0 aliphatic heterocycles. The molecule has 0 spiro atoms. The van der Waals surface area contributed by atoms with Gasteiger partial charge in [0.2, 0.25) is 0 Å². The van der Waals surface area contributed by atoms with Gasteiger partial charge in [0.25, 0.3) is 0 Å². The van der Waals surface area contributed by atoms with Crippen molar-refractivity contribution in [1.29, 1.82) is 0 Å². The Bertz CT molecular complexity index is 311. The summed E-state index contributed by atoms with van der Waals surface area (Å²) in [7, 11) is 0. The number of hydrogen-bond donors (Lipinski definition) is 0. The predicted octanol–water partition coefficient (Wildman–Crippen LogP) is 4.89. The molecular weight excluding hydrogens is 180 g/mol. The molecule has 1 aliphatic rings. The van der Waals surface area contributed by atoms with Crippen LogP contribution in [0.3, 0.4) is 0 Å². The first-order valence-electron chi connectivity index (χ1n) is 5.92. The molecule has 0 amide bonds. The number of rotatable bonds is 2. The van der Waals surface area contributed by atoms with Crippen molar-refractivity contribution in [2.75, 3.05) is 0 Å². The van der Waals surface area contributed by atoms with Gasteiger partial charge >= 0.3 is 0 Å². The minimum absolute atomic E-state index is 0.215. The lowest BCUT2D eigenvalue weighted by Gasteiger charge is -2.36. The molecule has 0 saturated heterocycles. The van der Waals surface area contributed by atoms with Gasteiger partial charge in [-0.15, -0.1) is 6.58 Å². The van der Waals surface area contributed by atoms with Crippen molar-refractivity contribution >= 4 is 0 Å².